The summed E-state index contributed by atoms with van der Waals surface area (Å²) in [6.45, 7) is 0.306. The van der Waals surface area contributed by atoms with Crippen LogP contribution in [0.5, 0.6) is 5.75 Å². The molecule has 11 heteroatoms. The Morgan fingerprint density at radius 3 is 1.74 bits per heavy atom. The number of nitriles is 2. The van der Waals surface area contributed by atoms with Crippen molar-refractivity contribution >= 4 is 5.69 Å². The molecule has 0 amide bonds. The van der Waals surface area contributed by atoms with Gasteiger partial charge in [0, 0.05) is 6.54 Å². The van der Waals surface area contributed by atoms with Crippen LogP contribution in [0, 0.1) is 28.5 Å². The Labute approximate surface area is 195 Å². The van der Waals surface area contributed by atoms with E-state index in [0.717, 1.165) is 23.8 Å². The number of methoxy groups -OCH3 is 1. The SMILES string of the molecule is COc1ccc(CNc2cccc(C(F)(F)F)c2C#N)cc1.N#Cc1c(F)cccc1C(F)(F)F. The highest BCUT2D eigenvalue weighted by Gasteiger charge is 2.35. The summed E-state index contributed by atoms with van der Waals surface area (Å²) in [5, 5.41) is 20.2. The van der Waals surface area contributed by atoms with Gasteiger partial charge in [0.05, 0.1) is 35.1 Å². The number of alkyl halides is 6. The van der Waals surface area contributed by atoms with Crippen molar-refractivity contribution in [3.63, 3.8) is 0 Å². The fraction of sp³-hybridized carbons (Fsp3) is 0.167. The van der Waals surface area contributed by atoms with E-state index < -0.39 is 40.4 Å². The summed E-state index contributed by atoms with van der Waals surface area (Å²) in [7, 11) is 1.55. The Bertz CT molecular complexity index is 1240. The molecule has 0 aliphatic heterocycles. The fourth-order valence-corrected chi connectivity index (χ4v) is 2.87. The molecule has 0 radical (unpaired) electrons. The molecule has 0 saturated heterocycles. The van der Waals surface area contributed by atoms with Crippen molar-refractivity contribution in [3.05, 3.63) is 94.3 Å². The molecule has 0 fully saturated rings. The van der Waals surface area contributed by atoms with Gasteiger partial charge in [0.1, 0.15) is 23.7 Å². The van der Waals surface area contributed by atoms with Crippen molar-refractivity contribution in [2.45, 2.75) is 18.9 Å². The number of rotatable bonds is 4. The minimum absolute atomic E-state index is 0.160. The Kier molecular flexibility index (Phi) is 8.68. The third-order valence-corrected chi connectivity index (χ3v) is 4.55. The quantitative estimate of drug-likeness (QED) is 0.399. The van der Waals surface area contributed by atoms with Crippen LogP contribution in [0.25, 0.3) is 0 Å². The van der Waals surface area contributed by atoms with Crippen molar-refractivity contribution in [2.75, 3.05) is 12.4 Å². The van der Waals surface area contributed by atoms with E-state index >= 15 is 0 Å². The zero-order valence-corrected chi connectivity index (χ0v) is 17.9. The van der Waals surface area contributed by atoms with Gasteiger partial charge in [-0.15, -0.1) is 0 Å². The zero-order chi connectivity index (χ0) is 26.2. The van der Waals surface area contributed by atoms with E-state index in [-0.39, 0.29) is 5.69 Å². The van der Waals surface area contributed by atoms with Crippen LogP contribution in [-0.4, -0.2) is 7.11 Å². The Balaban J connectivity index is 0.000000283. The second-order valence-electron chi connectivity index (χ2n) is 6.81. The highest BCUT2D eigenvalue weighted by atomic mass is 19.4. The largest absolute Gasteiger partial charge is 0.497 e. The van der Waals surface area contributed by atoms with Crippen molar-refractivity contribution in [1.29, 1.82) is 10.5 Å². The lowest BCUT2D eigenvalue weighted by Gasteiger charge is -2.13. The minimum Gasteiger partial charge on any atom is -0.497 e. The number of halogens is 7. The number of benzene rings is 3. The van der Waals surface area contributed by atoms with Crippen LogP contribution >= 0.6 is 0 Å². The van der Waals surface area contributed by atoms with Crippen LogP contribution in [0.2, 0.25) is 0 Å². The molecule has 3 rings (SSSR count). The number of nitrogens with zero attached hydrogens (tertiary/aromatic N) is 2. The molecule has 0 aliphatic rings. The smallest absolute Gasteiger partial charge is 0.417 e. The van der Waals surface area contributed by atoms with Crippen molar-refractivity contribution in [3.8, 4) is 17.9 Å². The van der Waals surface area contributed by atoms with E-state index in [9.17, 15) is 30.7 Å². The van der Waals surface area contributed by atoms with Crippen LogP contribution in [0.4, 0.5) is 36.4 Å². The molecule has 0 unspecified atom stereocenters. The minimum atomic E-state index is -4.69. The van der Waals surface area contributed by atoms with Crippen LogP contribution in [0.1, 0.15) is 27.8 Å². The van der Waals surface area contributed by atoms with Crippen molar-refractivity contribution in [1.82, 2.24) is 0 Å². The average molecular weight is 495 g/mol. The number of hydrogen-bond acceptors (Lipinski definition) is 4. The number of anilines is 1. The van der Waals surface area contributed by atoms with Crippen LogP contribution in [-0.2, 0) is 18.9 Å². The first-order chi connectivity index (χ1) is 16.4. The summed E-state index contributed by atoms with van der Waals surface area (Å²) in [6.07, 6.45) is -9.24. The summed E-state index contributed by atoms with van der Waals surface area (Å²) in [5.41, 5.74) is -2.52. The lowest BCUT2D eigenvalue weighted by atomic mass is 10.1. The van der Waals surface area contributed by atoms with E-state index in [0.29, 0.717) is 18.4 Å². The normalized spacial score (nSPS) is 10.9. The summed E-state index contributed by atoms with van der Waals surface area (Å²) in [5.74, 6) is -0.460. The number of hydrogen-bond donors (Lipinski definition) is 1. The summed E-state index contributed by atoms with van der Waals surface area (Å²) in [6, 6.07) is 15.9. The lowest BCUT2D eigenvalue weighted by Crippen LogP contribution is -2.10. The van der Waals surface area contributed by atoms with Gasteiger partial charge in [0.2, 0.25) is 0 Å². The van der Waals surface area contributed by atoms with Gasteiger partial charge in [0.25, 0.3) is 0 Å². The molecule has 182 valence electrons. The molecule has 0 saturated carbocycles. The Hall–Kier alpha value is -4.25. The molecular formula is C24H16F7N3O. The summed E-state index contributed by atoms with van der Waals surface area (Å²) >= 11 is 0. The maximum atomic E-state index is 12.9. The Morgan fingerprint density at radius 1 is 0.771 bits per heavy atom. The second-order valence-corrected chi connectivity index (χ2v) is 6.81. The maximum absolute atomic E-state index is 12.9. The second kappa shape index (κ2) is 11.3. The number of ether oxygens (including phenoxy) is 1. The molecule has 0 atom stereocenters. The van der Waals surface area contributed by atoms with Gasteiger partial charge in [-0.3, -0.25) is 0 Å². The third-order valence-electron chi connectivity index (χ3n) is 4.55. The van der Waals surface area contributed by atoms with E-state index in [4.69, 9.17) is 15.3 Å². The van der Waals surface area contributed by atoms with Crippen LogP contribution < -0.4 is 10.1 Å². The molecule has 0 aliphatic carbocycles. The van der Waals surface area contributed by atoms with Gasteiger partial charge in [-0.05, 0) is 42.0 Å². The standard InChI is InChI=1S/C16H13F3N2O.C8H3F4N/c1-22-12-7-5-11(6-8-12)10-21-15-4-2-3-14(13(15)9-20)16(17,18)19;9-7-3-1-2-6(5(7)4-13)8(10,11)12/h2-8,21H,10H2,1H3;1-3H. The molecular weight excluding hydrogens is 479 g/mol. The highest BCUT2D eigenvalue weighted by Crippen LogP contribution is 2.35. The van der Waals surface area contributed by atoms with Crippen LogP contribution in [0.3, 0.4) is 0 Å². The predicted molar refractivity (Wildman–Crippen MR) is 113 cm³/mol. The predicted octanol–water partition coefficient (Wildman–Crippen LogP) is 6.91. The molecule has 0 heterocycles. The van der Waals surface area contributed by atoms with E-state index in [2.05, 4.69) is 5.32 Å². The van der Waals surface area contributed by atoms with Gasteiger partial charge >= 0.3 is 12.4 Å². The lowest BCUT2D eigenvalue weighted by molar-refractivity contribution is -0.138. The van der Waals surface area contributed by atoms with Gasteiger partial charge in [-0.25, -0.2) is 4.39 Å². The highest BCUT2D eigenvalue weighted by molar-refractivity contribution is 5.61. The van der Waals surface area contributed by atoms with E-state index in [1.54, 1.807) is 37.4 Å². The molecule has 3 aromatic rings. The fourth-order valence-electron chi connectivity index (χ4n) is 2.87. The zero-order valence-electron chi connectivity index (χ0n) is 17.9. The van der Waals surface area contributed by atoms with Crippen LogP contribution in [0.15, 0.2) is 60.7 Å². The number of nitrogens with one attached hydrogen (secondary N) is 1. The molecule has 3 aromatic carbocycles. The molecule has 35 heavy (non-hydrogen) atoms. The maximum Gasteiger partial charge on any atom is 0.417 e. The van der Waals surface area contributed by atoms with E-state index in [1.165, 1.54) is 18.2 Å². The summed E-state index contributed by atoms with van der Waals surface area (Å²) < 4.78 is 92.6. The molecule has 4 nitrogen and oxygen atoms in total. The molecule has 0 aromatic heterocycles. The van der Waals surface area contributed by atoms with Crippen molar-refractivity contribution in [2.24, 2.45) is 0 Å². The Morgan fingerprint density at radius 2 is 1.29 bits per heavy atom. The van der Waals surface area contributed by atoms with Gasteiger partial charge < -0.3 is 10.1 Å². The first-order valence-corrected chi connectivity index (χ1v) is 9.65. The van der Waals surface area contributed by atoms with Crippen molar-refractivity contribution < 1.29 is 35.5 Å². The summed E-state index contributed by atoms with van der Waals surface area (Å²) in [4.78, 5) is 0. The molecule has 1 N–H and O–H groups in total. The first-order valence-electron chi connectivity index (χ1n) is 9.65. The first kappa shape index (κ1) is 27.0. The van der Waals surface area contributed by atoms with Gasteiger partial charge in [0.15, 0.2) is 0 Å². The van der Waals surface area contributed by atoms with Gasteiger partial charge in [-0.2, -0.15) is 36.9 Å². The molecule has 0 bridgehead atoms. The molecule has 0 spiro atoms. The monoisotopic (exact) mass is 495 g/mol. The average Bonchev–Trinajstić information content (AvgIpc) is 2.81. The third kappa shape index (κ3) is 7.11. The van der Waals surface area contributed by atoms with E-state index in [1.807, 2.05) is 0 Å². The topological polar surface area (TPSA) is 68.8 Å². The van der Waals surface area contributed by atoms with Gasteiger partial charge in [-0.1, -0.05) is 24.3 Å².